The lowest BCUT2D eigenvalue weighted by Crippen LogP contribution is -2.30. The lowest BCUT2D eigenvalue weighted by molar-refractivity contribution is -0.166. The van der Waals surface area contributed by atoms with Gasteiger partial charge in [-0.1, -0.05) is 223 Å². The van der Waals surface area contributed by atoms with Crippen molar-refractivity contribution in [2.24, 2.45) is 0 Å². The van der Waals surface area contributed by atoms with Crippen LogP contribution in [-0.2, 0) is 28.6 Å². The van der Waals surface area contributed by atoms with Crippen molar-refractivity contribution in [3.8, 4) is 0 Å². The molecule has 0 heterocycles. The highest BCUT2D eigenvalue weighted by molar-refractivity contribution is 5.72. The van der Waals surface area contributed by atoms with Crippen LogP contribution in [0, 0.1) is 0 Å². The molecule has 6 heteroatoms. The van der Waals surface area contributed by atoms with Gasteiger partial charge in [-0.25, -0.2) is 0 Å². The Morgan fingerprint density at radius 3 is 1.07 bits per heavy atom. The minimum Gasteiger partial charge on any atom is -0.462 e. The zero-order valence-corrected chi connectivity index (χ0v) is 37.3. The fraction of sp³-hybridized carbons (Fsp3) is 0.745. The van der Waals surface area contributed by atoms with E-state index in [1.165, 1.54) is 116 Å². The molecule has 6 nitrogen and oxygen atoms in total. The van der Waals surface area contributed by atoms with Crippen LogP contribution in [0.3, 0.4) is 0 Å². The van der Waals surface area contributed by atoms with Gasteiger partial charge in [-0.2, -0.15) is 0 Å². The Balaban J connectivity index is 4.49. The van der Waals surface area contributed by atoms with Crippen LogP contribution < -0.4 is 0 Å². The van der Waals surface area contributed by atoms with E-state index in [-0.39, 0.29) is 31.6 Å². The largest absolute Gasteiger partial charge is 0.462 e. The van der Waals surface area contributed by atoms with E-state index in [1.807, 2.05) is 6.08 Å². The highest BCUT2D eigenvalue weighted by Gasteiger charge is 2.19. The van der Waals surface area contributed by atoms with Crippen LogP contribution in [-0.4, -0.2) is 37.2 Å². The second-order valence-corrected chi connectivity index (χ2v) is 15.7. The normalized spacial score (nSPS) is 12.5. The Kier molecular flexibility index (Phi) is 43.5. The van der Waals surface area contributed by atoms with E-state index in [4.69, 9.17) is 14.2 Å². The van der Waals surface area contributed by atoms with Gasteiger partial charge < -0.3 is 14.2 Å². The van der Waals surface area contributed by atoms with Crippen molar-refractivity contribution in [3.05, 3.63) is 60.8 Å². The third kappa shape index (κ3) is 44.1. The van der Waals surface area contributed by atoms with Crippen molar-refractivity contribution in [1.82, 2.24) is 0 Å². The number of allylic oxidation sites excluding steroid dienone is 9. The standard InChI is InChI=1S/C51H88O6/c1-4-7-10-13-16-19-22-25-26-27-30-32-35-38-41-44-50(53)56-47-48(57-51(54)45-42-39-36-33-29-24-21-18-15-12-9-6-3)46-55-49(52)43-40-37-34-31-28-23-20-17-14-11-8-5-2/h7,10,16,19,25-26,30,32,38,41,48H,4-6,8-9,11-15,17-18,20-24,27-29,31,33-37,39-40,42-47H2,1-3H3/b10-7-,19-16-,26-25-,32-30-,41-38-. The van der Waals surface area contributed by atoms with Crippen molar-refractivity contribution in [2.75, 3.05) is 13.2 Å². The minimum atomic E-state index is -0.807. The smallest absolute Gasteiger partial charge is 0.309 e. The van der Waals surface area contributed by atoms with Crippen molar-refractivity contribution < 1.29 is 28.6 Å². The number of ether oxygens (including phenoxy) is 3. The zero-order valence-electron chi connectivity index (χ0n) is 37.3. The van der Waals surface area contributed by atoms with E-state index in [9.17, 15) is 14.4 Å². The summed E-state index contributed by atoms with van der Waals surface area (Å²) in [7, 11) is 0. The third-order valence-electron chi connectivity index (χ3n) is 10.1. The summed E-state index contributed by atoms with van der Waals surface area (Å²) in [6, 6.07) is 0. The monoisotopic (exact) mass is 797 g/mol. The Labute approximate surface area is 351 Å². The molecule has 1 unspecified atom stereocenters. The van der Waals surface area contributed by atoms with Crippen molar-refractivity contribution >= 4 is 17.9 Å². The Hall–Kier alpha value is -2.89. The van der Waals surface area contributed by atoms with Gasteiger partial charge in [0.25, 0.3) is 0 Å². The van der Waals surface area contributed by atoms with Crippen molar-refractivity contribution in [3.63, 3.8) is 0 Å². The Morgan fingerprint density at radius 2 is 0.684 bits per heavy atom. The second kappa shape index (κ2) is 45.8. The molecular weight excluding hydrogens is 709 g/mol. The fourth-order valence-electron chi connectivity index (χ4n) is 6.51. The van der Waals surface area contributed by atoms with Crippen LogP contribution in [0.4, 0.5) is 0 Å². The van der Waals surface area contributed by atoms with Crippen LogP contribution >= 0.6 is 0 Å². The molecule has 0 aliphatic carbocycles. The molecule has 0 radical (unpaired) electrons. The lowest BCUT2D eigenvalue weighted by atomic mass is 10.0. The first-order valence-corrected chi connectivity index (χ1v) is 23.8. The van der Waals surface area contributed by atoms with E-state index in [2.05, 4.69) is 69.4 Å². The average Bonchev–Trinajstić information content (AvgIpc) is 3.21. The average molecular weight is 797 g/mol. The minimum absolute atomic E-state index is 0.101. The van der Waals surface area contributed by atoms with Crippen LogP contribution in [0.5, 0.6) is 0 Å². The molecule has 0 spiro atoms. The summed E-state index contributed by atoms with van der Waals surface area (Å²) in [6.07, 6.45) is 55.1. The summed E-state index contributed by atoms with van der Waals surface area (Å²) >= 11 is 0. The molecule has 0 saturated heterocycles. The summed E-state index contributed by atoms with van der Waals surface area (Å²) in [5.74, 6) is -1.03. The molecular formula is C51H88O6. The Bertz CT molecular complexity index is 1050. The molecule has 0 saturated carbocycles. The van der Waals surface area contributed by atoms with Crippen molar-refractivity contribution in [2.45, 2.75) is 232 Å². The maximum atomic E-state index is 12.7. The number of esters is 3. The summed E-state index contributed by atoms with van der Waals surface area (Å²) in [4.78, 5) is 37.7. The van der Waals surface area contributed by atoms with Gasteiger partial charge in [0, 0.05) is 12.8 Å². The van der Waals surface area contributed by atoms with Gasteiger partial charge in [-0.3, -0.25) is 14.4 Å². The molecule has 0 aromatic heterocycles. The quantitative estimate of drug-likeness (QED) is 0.0265. The van der Waals surface area contributed by atoms with E-state index in [1.54, 1.807) is 6.08 Å². The number of unbranched alkanes of at least 4 members (excludes halogenated alkanes) is 22. The molecule has 328 valence electrons. The highest BCUT2D eigenvalue weighted by Crippen LogP contribution is 2.15. The first kappa shape index (κ1) is 54.1. The van der Waals surface area contributed by atoms with E-state index in [0.717, 1.165) is 70.6 Å². The van der Waals surface area contributed by atoms with Gasteiger partial charge in [-0.15, -0.1) is 0 Å². The van der Waals surface area contributed by atoms with Crippen LogP contribution in [0.1, 0.15) is 226 Å². The van der Waals surface area contributed by atoms with Crippen molar-refractivity contribution in [1.29, 1.82) is 0 Å². The maximum absolute atomic E-state index is 12.7. The summed E-state index contributed by atoms with van der Waals surface area (Å²) in [6.45, 7) is 6.42. The SMILES string of the molecule is CC/C=C\C/C=C\C/C=C\C/C=C\C/C=C\CC(=O)OCC(COC(=O)CCCCCCCCCCCCCC)OC(=O)CCCCCCCCCCCCCC. The van der Waals surface area contributed by atoms with Gasteiger partial charge in [0.15, 0.2) is 6.10 Å². The number of hydrogen-bond acceptors (Lipinski definition) is 6. The molecule has 57 heavy (non-hydrogen) atoms. The van der Waals surface area contributed by atoms with Crippen LogP contribution in [0.15, 0.2) is 60.8 Å². The van der Waals surface area contributed by atoms with Gasteiger partial charge in [0.05, 0.1) is 6.42 Å². The zero-order chi connectivity index (χ0) is 41.5. The van der Waals surface area contributed by atoms with Gasteiger partial charge in [0.2, 0.25) is 0 Å². The molecule has 0 aliphatic heterocycles. The lowest BCUT2D eigenvalue weighted by Gasteiger charge is -2.18. The molecule has 0 aromatic rings. The topological polar surface area (TPSA) is 78.9 Å². The molecule has 1 atom stereocenters. The van der Waals surface area contributed by atoms with E-state index < -0.39 is 12.1 Å². The summed E-state index contributed by atoms with van der Waals surface area (Å²) in [5, 5.41) is 0. The number of hydrogen-bond donors (Lipinski definition) is 0. The fourth-order valence-corrected chi connectivity index (χ4v) is 6.51. The van der Waals surface area contributed by atoms with E-state index in [0.29, 0.717) is 12.8 Å². The predicted molar refractivity (Wildman–Crippen MR) is 242 cm³/mol. The highest BCUT2D eigenvalue weighted by atomic mass is 16.6. The first-order chi connectivity index (χ1) is 28.0. The first-order valence-electron chi connectivity index (χ1n) is 23.8. The molecule has 0 rings (SSSR count). The molecule has 0 amide bonds. The van der Waals surface area contributed by atoms with Gasteiger partial charge in [0.1, 0.15) is 13.2 Å². The molecule has 0 aliphatic rings. The predicted octanol–water partition coefficient (Wildman–Crippen LogP) is 15.3. The summed E-state index contributed by atoms with van der Waals surface area (Å²) in [5.41, 5.74) is 0. The number of carbonyl (C=O) groups is 3. The second-order valence-electron chi connectivity index (χ2n) is 15.7. The van der Waals surface area contributed by atoms with Gasteiger partial charge in [-0.05, 0) is 44.9 Å². The molecule has 0 aromatic carbocycles. The number of rotatable bonds is 42. The maximum Gasteiger partial charge on any atom is 0.309 e. The van der Waals surface area contributed by atoms with Gasteiger partial charge >= 0.3 is 17.9 Å². The van der Waals surface area contributed by atoms with E-state index >= 15 is 0 Å². The molecule has 0 fully saturated rings. The third-order valence-corrected chi connectivity index (χ3v) is 10.1. The molecule has 0 N–H and O–H groups in total. The van der Waals surface area contributed by atoms with Crippen LogP contribution in [0.25, 0.3) is 0 Å². The van der Waals surface area contributed by atoms with Crippen LogP contribution in [0.2, 0.25) is 0 Å². The number of carbonyl (C=O) groups excluding carboxylic acids is 3. The Morgan fingerprint density at radius 1 is 0.368 bits per heavy atom. The molecule has 0 bridgehead atoms. The summed E-state index contributed by atoms with van der Waals surface area (Å²) < 4.78 is 16.6.